The summed E-state index contributed by atoms with van der Waals surface area (Å²) in [5.41, 5.74) is 0.588. The van der Waals surface area contributed by atoms with Gasteiger partial charge in [-0.3, -0.25) is 0 Å². The molecule has 0 N–H and O–H groups in total. The van der Waals surface area contributed by atoms with Crippen LogP contribution in [0.5, 0.6) is 0 Å². The van der Waals surface area contributed by atoms with Crippen LogP contribution in [0.15, 0.2) is 30.3 Å². The molecular formula is C13H15ClO2. The van der Waals surface area contributed by atoms with Crippen molar-refractivity contribution in [1.29, 1.82) is 0 Å². The summed E-state index contributed by atoms with van der Waals surface area (Å²) >= 11 is 5.74. The highest BCUT2D eigenvalue weighted by Gasteiger charge is 2.52. The second-order valence-electron chi connectivity index (χ2n) is 4.27. The summed E-state index contributed by atoms with van der Waals surface area (Å²) in [6, 6.07) is 8.88. The Bertz CT molecular complexity index is 363. The fourth-order valence-electron chi connectivity index (χ4n) is 1.95. The number of carbonyl (C=O) groups excluding carboxylic acids is 1. The van der Waals surface area contributed by atoms with Crippen LogP contribution in [0.2, 0.25) is 0 Å². The monoisotopic (exact) mass is 238 g/mol. The molecule has 16 heavy (non-hydrogen) atoms. The maximum atomic E-state index is 10.8. The standard InChI is InChI=1S/C8H8O2.C5H7Cl/c1-10-8(9)7-5-3-2-4-6-7;6-5-2-3-1-4(3)5/h2-6H,1H3;3-5H,1-2H2. The molecule has 0 saturated heterocycles. The lowest BCUT2D eigenvalue weighted by atomic mass is 10.0. The third kappa shape index (κ3) is 2.56. The van der Waals surface area contributed by atoms with E-state index in [1.165, 1.54) is 20.0 Å². The molecule has 3 heteroatoms. The molecule has 3 rings (SSSR count). The van der Waals surface area contributed by atoms with Crippen molar-refractivity contribution < 1.29 is 9.53 Å². The number of esters is 1. The van der Waals surface area contributed by atoms with Crippen molar-refractivity contribution in [1.82, 2.24) is 0 Å². The fourth-order valence-corrected chi connectivity index (χ4v) is 2.48. The van der Waals surface area contributed by atoms with Gasteiger partial charge in [-0.15, -0.1) is 11.6 Å². The highest BCUT2D eigenvalue weighted by atomic mass is 35.5. The number of ether oxygens (including phenoxy) is 1. The number of methoxy groups -OCH3 is 1. The van der Waals surface area contributed by atoms with Gasteiger partial charge in [0, 0.05) is 5.38 Å². The van der Waals surface area contributed by atoms with E-state index in [-0.39, 0.29) is 5.97 Å². The van der Waals surface area contributed by atoms with Crippen molar-refractivity contribution in [2.24, 2.45) is 11.8 Å². The molecule has 0 heterocycles. The van der Waals surface area contributed by atoms with Gasteiger partial charge in [0.15, 0.2) is 0 Å². The lowest BCUT2D eigenvalue weighted by molar-refractivity contribution is 0.0601. The summed E-state index contributed by atoms with van der Waals surface area (Å²) in [6.45, 7) is 0. The molecule has 2 aliphatic carbocycles. The highest BCUT2D eigenvalue weighted by Crippen LogP contribution is 2.57. The average Bonchev–Trinajstić information content (AvgIpc) is 3.01. The first-order chi connectivity index (χ1) is 7.72. The van der Waals surface area contributed by atoms with Gasteiger partial charge in [0.05, 0.1) is 12.7 Å². The van der Waals surface area contributed by atoms with Crippen LogP contribution in [-0.2, 0) is 4.74 Å². The van der Waals surface area contributed by atoms with Gasteiger partial charge in [0.2, 0.25) is 0 Å². The molecule has 0 bridgehead atoms. The molecule has 0 aromatic heterocycles. The number of fused-ring (bicyclic) bond motifs is 1. The third-order valence-electron chi connectivity index (χ3n) is 3.16. The van der Waals surface area contributed by atoms with Crippen LogP contribution < -0.4 is 0 Å². The van der Waals surface area contributed by atoms with Gasteiger partial charge >= 0.3 is 5.97 Å². The number of hydrogen-bond donors (Lipinski definition) is 0. The number of carbonyl (C=O) groups is 1. The van der Waals surface area contributed by atoms with Crippen molar-refractivity contribution in [2.45, 2.75) is 18.2 Å². The summed E-state index contributed by atoms with van der Waals surface area (Å²) in [5, 5.41) is 0.579. The topological polar surface area (TPSA) is 26.3 Å². The molecule has 0 aliphatic heterocycles. The molecule has 2 nitrogen and oxygen atoms in total. The molecule has 2 fully saturated rings. The van der Waals surface area contributed by atoms with E-state index in [1.807, 2.05) is 6.07 Å². The highest BCUT2D eigenvalue weighted by molar-refractivity contribution is 6.21. The average molecular weight is 239 g/mol. The van der Waals surface area contributed by atoms with E-state index >= 15 is 0 Å². The molecule has 86 valence electrons. The molecule has 1 aromatic rings. The Kier molecular flexibility index (Phi) is 3.49. The first-order valence-electron chi connectivity index (χ1n) is 5.50. The maximum Gasteiger partial charge on any atom is 0.337 e. The molecule has 0 spiro atoms. The van der Waals surface area contributed by atoms with Gasteiger partial charge in [-0.1, -0.05) is 18.2 Å². The van der Waals surface area contributed by atoms with Gasteiger partial charge in [-0.05, 0) is 36.8 Å². The largest absolute Gasteiger partial charge is 0.465 e. The molecule has 1 aromatic carbocycles. The lowest BCUT2D eigenvalue weighted by Gasteiger charge is -2.15. The van der Waals surface area contributed by atoms with E-state index in [1.54, 1.807) is 24.3 Å². The summed E-state index contributed by atoms with van der Waals surface area (Å²) in [6.07, 6.45) is 2.75. The normalized spacial score (nSPS) is 29.0. The van der Waals surface area contributed by atoms with Crippen molar-refractivity contribution in [3.8, 4) is 0 Å². The second-order valence-corrected chi connectivity index (χ2v) is 4.83. The van der Waals surface area contributed by atoms with Crippen LogP contribution in [0.3, 0.4) is 0 Å². The number of halogens is 1. The van der Waals surface area contributed by atoms with Crippen LogP contribution >= 0.6 is 11.6 Å². The Morgan fingerprint density at radius 1 is 1.31 bits per heavy atom. The van der Waals surface area contributed by atoms with Gasteiger partial charge in [0.1, 0.15) is 0 Å². The van der Waals surface area contributed by atoms with Crippen LogP contribution in [0, 0.1) is 11.8 Å². The minimum Gasteiger partial charge on any atom is -0.465 e. The van der Waals surface area contributed by atoms with Crippen LogP contribution in [-0.4, -0.2) is 18.5 Å². The minimum absolute atomic E-state index is 0.291. The summed E-state index contributed by atoms with van der Waals surface area (Å²) in [7, 11) is 1.37. The molecule has 0 amide bonds. The zero-order valence-corrected chi connectivity index (χ0v) is 9.98. The van der Waals surface area contributed by atoms with E-state index in [2.05, 4.69) is 4.74 Å². The zero-order chi connectivity index (χ0) is 11.5. The molecular weight excluding hydrogens is 224 g/mol. The van der Waals surface area contributed by atoms with E-state index in [9.17, 15) is 4.79 Å². The molecule has 2 aliphatic rings. The number of hydrogen-bond acceptors (Lipinski definition) is 2. The van der Waals surface area contributed by atoms with E-state index in [0.29, 0.717) is 10.9 Å². The Morgan fingerprint density at radius 3 is 2.31 bits per heavy atom. The summed E-state index contributed by atoms with van der Waals surface area (Å²) in [5.74, 6) is 1.75. The van der Waals surface area contributed by atoms with Gasteiger partial charge in [0.25, 0.3) is 0 Å². The van der Waals surface area contributed by atoms with E-state index in [0.717, 1.165) is 11.8 Å². The molecule has 2 saturated carbocycles. The first kappa shape index (κ1) is 11.5. The molecule has 0 radical (unpaired) electrons. The van der Waals surface area contributed by atoms with Crippen molar-refractivity contribution in [3.05, 3.63) is 35.9 Å². The van der Waals surface area contributed by atoms with Crippen LogP contribution in [0.25, 0.3) is 0 Å². The SMILES string of the molecule is COC(=O)c1ccccc1.ClC1CC2CC12. The maximum absolute atomic E-state index is 10.8. The van der Waals surface area contributed by atoms with E-state index < -0.39 is 0 Å². The fraction of sp³-hybridized carbons (Fsp3) is 0.462. The lowest BCUT2D eigenvalue weighted by Crippen LogP contribution is -2.14. The van der Waals surface area contributed by atoms with Crippen molar-refractivity contribution in [3.63, 3.8) is 0 Å². The van der Waals surface area contributed by atoms with E-state index in [4.69, 9.17) is 11.6 Å². The predicted octanol–water partition coefficient (Wildman–Crippen LogP) is 3.11. The van der Waals surface area contributed by atoms with Crippen molar-refractivity contribution in [2.75, 3.05) is 7.11 Å². The Labute approximate surface area is 101 Å². The smallest absolute Gasteiger partial charge is 0.337 e. The van der Waals surface area contributed by atoms with Gasteiger partial charge in [-0.25, -0.2) is 4.79 Å². The summed E-state index contributed by atoms with van der Waals surface area (Å²) < 4.78 is 4.50. The quantitative estimate of drug-likeness (QED) is 0.555. The van der Waals surface area contributed by atoms with Gasteiger partial charge in [-0.2, -0.15) is 0 Å². The van der Waals surface area contributed by atoms with Crippen LogP contribution in [0.4, 0.5) is 0 Å². The Morgan fingerprint density at radius 2 is 2.00 bits per heavy atom. The Hall–Kier alpha value is -1.02. The summed E-state index contributed by atoms with van der Waals surface area (Å²) in [4.78, 5) is 10.8. The minimum atomic E-state index is -0.291. The Balaban J connectivity index is 0.000000134. The molecule has 3 atom stereocenters. The first-order valence-corrected chi connectivity index (χ1v) is 5.93. The number of alkyl halides is 1. The number of benzene rings is 1. The van der Waals surface area contributed by atoms with Crippen LogP contribution in [0.1, 0.15) is 23.2 Å². The zero-order valence-electron chi connectivity index (χ0n) is 9.23. The van der Waals surface area contributed by atoms with Crippen molar-refractivity contribution >= 4 is 17.6 Å². The number of rotatable bonds is 1. The third-order valence-corrected chi connectivity index (χ3v) is 3.67. The van der Waals surface area contributed by atoms with Gasteiger partial charge < -0.3 is 4.74 Å². The predicted molar refractivity (Wildman–Crippen MR) is 63.6 cm³/mol. The molecule has 3 unspecified atom stereocenters. The second kappa shape index (κ2) is 4.88.